The first-order valence-corrected chi connectivity index (χ1v) is 7.68. The van der Waals surface area contributed by atoms with E-state index in [2.05, 4.69) is 12.2 Å². The molecule has 0 saturated carbocycles. The van der Waals surface area contributed by atoms with Gasteiger partial charge in [-0.25, -0.2) is 0 Å². The first-order valence-electron chi connectivity index (χ1n) is 4.79. The van der Waals surface area contributed by atoms with E-state index in [1.54, 1.807) is 6.26 Å². The van der Waals surface area contributed by atoms with Gasteiger partial charge in [0.25, 0.3) is 0 Å². The standard InChI is InChI=1S/C9H19NOS2/c1-8(7-13(2)11)10-5-9-3-4-12-6-9/h8-10H,3-7H2,1-2H3. The predicted molar refractivity (Wildman–Crippen MR) is 61.8 cm³/mol. The summed E-state index contributed by atoms with van der Waals surface area (Å²) in [7, 11) is -0.666. The Kier molecular flexibility index (Phi) is 5.36. The van der Waals surface area contributed by atoms with Gasteiger partial charge in [-0.3, -0.25) is 4.21 Å². The van der Waals surface area contributed by atoms with E-state index in [1.807, 2.05) is 11.8 Å². The summed E-state index contributed by atoms with van der Waals surface area (Å²) in [6.07, 6.45) is 3.11. The van der Waals surface area contributed by atoms with Crippen molar-refractivity contribution < 1.29 is 4.21 Å². The molecule has 1 aliphatic heterocycles. The molecule has 0 amide bonds. The summed E-state index contributed by atoms with van der Waals surface area (Å²) in [5, 5.41) is 3.45. The van der Waals surface area contributed by atoms with Crippen molar-refractivity contribution in [1.82, 2.24) is 5.32 Å². The molecule has 1 N–H and O–H groups in total. The summed E-state index contributed by atoms with van der Waals surface area (Å²) in [4.78, 5) is 0. The van der Waals surface area contributed by atoms with Gasteiger partial charge in [0.1, 0.15) is 0 Å². The van der Waals surface area contributed by atoms with Crippen LogP contribution in [0.1, 0.15) is 13.3 Å². The van der Waals surface area contributed by atoms with Crippen molar-refractivity contribution in [1.29, 1.82) is 0 Å². The highest BCUT2D eigenvalue weighted by Gasteiger charge is 2.15. The molecule has 78 valence electrons. The molecule has 13 heavy (non-hydrogen) atoms. The Bertz CT molecular complexity index is 169. The van der Waals surface area contributed by atoms with Crippen LogP contribution in [0.5, 0.6) is 0 Å². The third-order valence-corrected chi connectivity index (χ3v) is 4.46. The second-order valence-electron chi connectivity index (χ2n) is 3.78. The Hall–Kier alpha value is 0.460. The molecule has 2 nitrogen and oxygen atoms in total. The lowest BCUT2D eigenvalue weighted by atomic mass is 10.1. The van der Waals surface area contributed by atoms with Gasteiger partial charge in [-0.15, -0.1) is 0 Å². The molecule has 1 heterocycles. The molecule has 0 aliphatic carbocycles. The fraction of sp³-hybridized carbons (Fsp3) is 1.00. The highest BCUT2D eigenvalue weighted by atomic mass is 32.2. The maximum absolute atomic E-state index is 10.9. The summed E-state index contributed by atoms with van der Waals surface area (Å²) < 4.78 is 10.9. The largest absolute Gasteiger partial charge is 0.313 e. The van der Waals surface area contributed by atoms with Gasteiger partial charge in [-0.2, -0.15) is 11.8 Å². The van der Waals surface area contributed by atoms with Gasteiger partial charge in [0, 0.05) is 28.9 Å². The van der Waals surface area contributed by atoms with Gasteiger partial charge in [0.2, 0.25) is 0 Å². The summed E-state index contributed by atoms with van der Waals surface area (Å²) in [6.45, 7) is 3.22. The first kappa shape index (κ1) is 11.5. The van der Waals surface area contributed by atoms with Gasteiger partial charge < -0.3 is 5.32 Å². The van der Waals surface area contributed by atoms with Crippen LogP contribution in [0.25, 0.3) is 0 Å². The molecule has 0 aromatic rings. The van der Waals surface area contributed by atoms with Crippen LogP contribution in [-0.4, -0.2) is 40.3 Å². The minimum absolute atomic E-state index is 0.399. The van der Waals surface area contributed by atoms with Crippen LogP contribution in [-0.2, 0) is 10.8 Å². The molecule has 1 saturated heterocycles. The molecule has 0 radical (unpaired) electrons. The first-order chi connectivity index (χ1) is 6.18. The molecule has 0 spiro atoms. The average Bonchev–Trinajstić information content (AvgIpc) is 2.51. The number of nitrogens with one attached hydrogen (secondary N) is 1. The molecule has 1 rings (SSSR count). The Balaban J connectivity index is 2.06. The maximum atomic E-state index is 10.9. The molecule has 1 fully saturated rings. The zero-order chi connectivity index (χ0) is 9.68. The molecule has 4 heteroatoms. The maximum Gasteiger partial charge on any atom is 0.0383 e. The Labute approximate surface area is 87.7 Å². The second-order valence-corrected chi connectivity index (χ2v) is 6.41. The molecule has 1 aliphatic rings. The average molecular weight is 221 g/mol. The third kappa shape index (κ3) is 5.03. The third-order valence-electron chi connectivity index (χ3n) is 2.26. The normalized spacial score (nSPS) is 27.4. The second kappa shape index (κ2) is 6.04. The van der Waals surface area contributed by atoms with E-state index in [-0.39, 0.29) is 0 Å². The summed E-state index contributed by atoms with van der Waals surface area (Å²) in [5.74, 6) is 4.24. The van der Waals surface area contributed by atoms with Crippen LogP contribution in [0, 0.1) is 5.92 Å². The van der Waals surface area contributed by atoms with E-state index in [9.17, 15) is 4.21 Å². The Morgan fingerprint density at radius 3 is 3.00 bits per heavy atom. The topological polar surface area (TPSA) is 29.1 Å². The lowest BCUT2D eigenvalue weighted by Gasteiger charge is -2.15. The molecule has 3 unspecified atom stereocenters. The van der Waals surface area contributed by atoms with Crippen LogP contribution in [0.3, 0.4) is 0 Å². The van der Waals surface area contributed by atoms with Crippen molar-refractivity contribution in [3.05, 3.63) is 0 Å². The lowest BCUT2D eigenvalue weighted by Crippen LogP contribution is -2.34. The summed E-state index contributed by atoms with van der Waals surface area (Å²) >= 11 is 2.05. The molecular weight excluding hydrogens is 202 g/mol. The molecular formula is C9H19NOS2. The Morgan fingerprint density at radius 2 is 2.46 bits per heavy atom. The van der Waals surface area contributed by atoms with Crippen molar-refractivity contribution in [3.63, 3.8) is 0 Å². The number of rotatable bonds is 5. The van der Waals surface area contributed by atoms with E-state index >= 15 is 0 Å². The highest BCUT2D eigenvalue weighted by molar-refractivity contribution is 7.99. The van der Waals surface area contributed by atoms with Gasteiger partial charge in [0.05, 0.1) is 0 Å². The smallest absolute Gasteiger partial charge is 0.0383 e. The van der Waals surface area contributed by atoms with Crippen LogP contribution < -0.4 is 5.32 Å². The van der Waals surface area contributed by atoms with Crippen molar-refractivity contribution in [2.24, 2.45) is 5.92 Å². The van der Waals surface area contributed by atoms with Gasteiger partial charge in [-0.1, -0.05) is 0 Å². The van der Waals surface area contributed by atoms with Gasteiger partial charge >= 0.3 is 0 Å². The number of hydrogen-bond acceptors (Lipinski definition) is 3. The monoisotopic (exact) mass is 221 g/mol. The van der Waals surface area contributed by atoms with E-state index in [0.717, 1.165) is 18.2 Å². The lowest BCUT2D eigenvalue weighted by molar-refractivity contribution is 0.486. The van der Waals surface area contributed by atoms with E-state index in [0.29, 0.717) is 6.04 Å². The van der Waals surface area contributed by atoms with Crippen LogP contribution in [0.15, 0.2) is 0 Å². The quantitative estimate of drug-likeness (QED) is 0.754. The minimum Gasteiger partial charge on any atom is -0.313 e. The molecule has 0 aromatic carbocycles. The van der Waals surface area contributed by atoms with E-state index in [1.165, 1.54) is 17.9 Å². The zero-order valence-corrected chi connectivity index (χ0v) is 10.0. The van der Waals surface area contributed by atoms with E-state index < -0.39 is 10.8 Å². The van der Waals surface area contributed by atoms with Gasteiger partial charge in [-0.05, 0) is 37.3 Å². The van der Waals surface area contributed by atoms with Crippen molar-refractivity contribution in [2.75, 3.05) is 30.1 Å². The predicted octanol–water partition coefficient (Wildman–Crippen LogP) is 1.10. The minimum atomic E-state index is -0.666. The number of thioether (sulfide) groups is 1. The molecule has 0 bridgehead atoms. The highest BCUT2D eigenvalue weighted by Crippen LogP contribution is 2.22. The SMILES string of the molecule is CC(CS(C)=O)NCC1CCSC1. The van der Waals surface area contributed by atoms with Crippen molar-refractivity contribution in [2.45, 2.75) is 19.4 Å². The van der Waals surface area contributed by atoms with Crippen LogP contribution in [0.2, 0.25) is 0 Å². The number of hydrogen-bond donors (Lipinski definition) is 1. The fourth-order valence-corrected chi connectivity index (χ4v) is 3.63. The molecule has 3 atom stereocenters. The fourth-order valence-electron chi connectivity index (χ4n) is 1.52. The van der Waals surface area contributed by atoms with Crippen molar-refractivity contribution >= 4 is 22.6 Å². The summed E-state index contributed by atoms with van der Waals surface area (Å²) in [5.41, 5.74) is 0. The van der Waals surface area contributed by atoms with Crippen LogP contribution in [0.4, 0.5) is 0 Å². The Morgan fingerprint density at radius 1 is 1.69 bits per heavy atom. The van der Waals surface area contributed by atoms with Gasteiger partial charge in [0.15, 0.2) is 0 Å². The van der Waals surface area contributed by atoms with Crippen molar-refractivity contribution in [3.8, 4) is 0 Å². The summed E-state index contributed by atoms with van der Waals surface area (Å²) in [6, 6.07) is 0.399. The van der Waals surface area contributed by atoms with Crippen LogP contribution >= 0.6 is 11.8 Å². The van der Waals surface area contributed by atoms with E-state index in [4.69, 9.17) is 0 Å². The molecule has 0 aromatic heterocycles. The zero-order valence-electron chi connectivity index (χ0n) is 8.41.